The number of nitrogens with zero attached hydrogens (tertiary/aromatic N) is 2. The van der Waals surface area contributed by atoms with Crippen molar-refractivity contribution in [3.63, 3.8) is 0 Å². The van der Waals surface area contributed by atoms with Crippen LogP contribution >= 0.6 is 0 Å². The van der Waals surface area contributed by atoms with Crippen LogP contribution in [0.25, 0.3) is 0 Å². The Labute approximate surface area is 166 Å². The van der Waals surface area contributed by atoms with E-state index < -0.39 is 34.5 Å². The number of hydrogen-bond donors (Lipinski definition) is 1. The number of carbonyl (C=O) groups is 3. The molecule has 1 aromatic carbocycles. The van der Waals surface area contributed by atoms with E-state index in [0.717, 1.165) is 6.92 Å². The second-order valence-electron chi connectivity index (χ2n) is 6.10. The van der Waals surface area contributed by atoms with Crippen LogP contribution in [0.4, 0.5) is 5.69 Å². The highest BCUT2D eigenvalue weighted by Crippen LogP contribution is 2.37. The van der Waals surface area contributed by atoms with Crippen LogP contribution in [-0.4, -0.2) is 47.3 Å². The zero-order valence-electron chi connectivity index (χ0n) is 16.2. The molecule has 0 amide bonds. The molecule has 29 heavy (non-hydrogen) atoms. The maximum Gasteiger partial charge on any atom is 0.354 e. The smallest absolute Gasteiger partial charge is 0.354 e. The van der Waals surface area contributed by atoms with Crippen LogP contribution in [0.5, 0.6) is 0 Å². The number of rotatable bonds is 8. The minimum Gasteiger partial charge on any atom is -0.464 e. The van der Waals surface area contributed by atoms with Gasteiger partial charge in [0.25, 0.3) is 5.69 Å². The Balaban J connectivity index is 2.49. The van der Waals surface area contributed by atoms with E-state index in [2.05, 4.69) is 10.5 Å². The van der Waals surface area contributed by atoms with Crippen LogP contribution in [0.15, 0.2) is 29.4 Å². The number of nitrogens with one attached hydrogen (secondary N) is 1. The Kier molecular flexibility index (Phi) is 6.86. The molecule has 1 aromatic rings. The van der Waals surface area contributed by atoms with E-state index in [-0.39, 0.29) is 36.6 Å². The predicted molar refractivity (Wildman–Crippen MR) is 98.8 cm³/mol. The molecule has 11 heteroatoms. The molecule has 1 aliphatic heterocycles. The summed E-state index contributed by atoms with van der Waals surface area (Å²) < 4.78 is 15.4. The second-order valence-corrected chi connectivity index (χ2v) is 6.10. The first-order valence-electron chi connectivity index (χ1n) is 8.84. The lowest BCUT2D eigenvalue weighted by molar-refractivity contribution is -0.384. The summed E-state index contributed by atoms with van der Waals surface area (Å²) in [6.45, 7) is 4.52. The summed E-state index contributed by atoms with van der Waals surface area (Å²) in [5, 5.41) is 14.8. The summed E-state index contributed by atoms with van der Waals surface area (Å²) in [6.07, 6.45) is -1.53. The molecule has 1 heterocycles. The fourth-order valence-corrected chi connectivity index (χ4v) is 2.87. The molecule has 0 saturated heterocycles. The topological polar surface area (TPSA) is 146 Å². The van der Waals surface area contributed by atoms with Gasteiger partial charge in [-0.1, -0.05) is 0 Å². The van der Waals surface area contributed by atoms with Crippen molar-refractivity contribution in [1.29, 1.82) is 0 Å². The SMILES string of the molecule is CCOC(=O)C1=NNC(C(=O)OCC)(C(OC(C)=O)c2ccc([N+](=O)[O-])cc2)C1. The molecule has 0 saturated carbocycles. The Morgan fingerprint density at radius 3 is 2.34 bits per heavy atom. The molecule has 2 rings (SSSR count). The van der Waals surface area contributed by atoms with E-state index in [1.54, 1.807) is 13.8 Å². The van der Waals surface area contributed by atoms with E-state index in [9.17, 15) is 24.5 Å². The molecule has 156 valence electrons. The standard InChI is InChI=1S/C18H21N3O8/c1-4-27-16(23)14-10-18(20-19-14,17(24)28-5-2)15(29-11(3)22)12-6-8-13(9-7-12)21(25)26/h6-9,15,20H,4-5,10H2,1-3H3. The number of non-ortho nitro benzene ring substituents is 1. The van der Waals surface area contributed by atoms with Crippen molar-refractivity contribution in [2.75, 3.05) is 13.2 Å². The highest BCUT2D eigenvalue weighted by Gasteiger charge is 2.55. The van der Waals surface area contributed by atoms with Crippen molar-refractivity contribution in [2.45, 2.75) is 38.8 Å². The number of ether oxygens (including phenoxy) is 3. The van der Waals surface area contributed by atoms with E-state index in [1.165, 1.54) is 24.3 Å². The highest BCUT2D eigenvalue weighted by atomic mass is 16.6. The van der Waals surface area contributed by atoms with Crippen molar-refractivity contribution in [3.05, 3.63) is 39.9 Å². The third kappa shape index (κ3) is 4.68. The molecule has 0 radical (unpaired) electrons. The summed E-state index contributed by atoms with van der Waals surface area (Å²) in [6, 6.07) is 5.15. The lowest BCUT2D eigenvalue weighted by Gasteiger charge is -2.34. The largest absolute Gasteiger partial charge is 0.464 e. The zero-order chi connectivity index (χ0) is 21.6. The van der Waals surface area contributed by atoms with Gasteiger partial charge in [0.2, 0.25) is 0 Å². The van der Waals surface area contributed by atoms with E-state index in [0.29, 0.717) is 0 Å². The van der Waals surface area contributed by atoms with Crippen molar-refractivity contribution in [1.82, 2.24) is 5.43 Å². The van der Waals surface area contributed by atoms with Crippen LogP contribution < -0.4 is 5.43 Å². The fraction of sp³-hybridized carbons (Fsp3) is 0.444. The molecular weight excluding hydrogens is 386 g/mol. The molecule has 0 aliphatic carbocycles. The minimum atomic E-state index is -1.74. The first-order valence-corrected chi connectivity index (χ1v) is 8.84. The van der Waals surface area contributed by atoms with Gasteiger partial charge >= 0.3 is 17.9 Å². The first-order chi connectivity index (χ1) is 13.7. The maximum absolute atomic E-state index is 12.9. The van der Waals surface area contributed by atoms with E-state index in [1.807, 2.05) is 0 Å². The summed E-state index contributed by atoms with van der Waals surface area (Å²) >= 11 is 0. The average Bonchev–Trinajstić information content (AvgIpc) is 3.13. The molecule has 2 unspecified atom stereocenters. The van der Waals surface area contributed by atoms with Gasteiger partial charge in [0.1, 0.15) is 5.71 Å². The molecule has 1 aliphatic rings. The second kappa shape index (κ2) is 9.13. The normalized spacial score (nSPS) is 18.8. The average molecular weight is 407 g/mol. The van der Waals surface area contributed by atoms with Crippen LogP contribution in [-0.2, 0) is 28.6 Å². The predicted octanol–water partition coefficient (Wildman–Crippen LogP) is 1.41. The van der Waals surface area contributed by atoms with Crippen molar-refractivity contribution in [2.24, 2.45) is 5.10 Å². The quantitative estimate of drug-likeness (QED) is 0.292. The molecular formula is C18H21N3O8. The fourth-order valence-electron chi connectivity index (χ4n) is 2.87. The van der Waals surface area contributed by atoms with Gasteiger partial charge in [-0.15, -0.1) is 0 Å². The Morgan fingerprint density at radius 2 is 1.83 bits per heavy atom. The van der Waals surface area contributed by atoms with Crippen LogP contribution in [0, 0.1) is 10.1 Å². The number of benzene rings is 1. The number of hydrazone groups is 1. The monoisotopic (exact) mass is 407 g/mol. The number of esters is 3. The molecule has 11 nitrogen and oxygen atoms in total. The first kappa shape index (κ1) is 21.8. The molecule has 0 bridgehead atoms. The van der Waals surface area contributed by atoms with Crippen molar-refractivity contribution in [3.8, 4) is 0 Å². The van der Waals surface area contributed by atoms with E-state index >= 15 is 0 Å². The lowest BCUT2D eigenvalue weighted by atomic mass is 9.84. The molecule has 0 fully saturated rings. The highest BCUT2D eigenvalue weighted by molar-refractivity contribution is 6.37. The summed E-state index contributed by atoms with van der Waals surface area (Å²) in [7, 11) is 0. The van der Waals surface area contributed by atoms with E-state index in [4.69, 9.17) is 14.2 Å². The maximum atomic E-state index is 12.9. The van der Waals surface area contributed by atoms with Gasteiger partial charge in [0, 0.05) is 25.5 Å². The number of hydrogen-bond acceptors (Lipinski definition) is 10. The molecule has 2 atom stereocenters. The lowest BCUT2D eigenvalue weighted by Crippen LogP contribution is -2.54. The summed E-state index contributed by atoms with van der Waals surface area (Å²) in [5.74, 6) is -2.23. The van der Waals surface area contributed by atoms with Crippen LogP contribution in [0.1, 0.15) is 38.9 Å². The number of nitro groups is 1. The summed E-state index contributed by atoms with van der Waals surface area (Å²) in [4.78, 5) is 47.0. The van der Waals surface area contributed by atoms with Crippen molar-refractivity contribution >= 4 is 29.3 Å². The van der Waals surface area contributed by atoms with Gasteiger partial charge in [0.05, 0.1) is 18.1 Å². The minimum absolute atomic E-state index is 0.0318. The van der Waals surface area contributed by atoms with Gasteiger partial charge < -0.3 is 14.2 Å². The van der Waals surface area contributed by atoms with Crippen LogP contribution in [0.2, 0.25) is 0 Å². The van der Waals surface area contributed by atoms with Crippen LogP contribution in [0.3, 0.4) is 0 Å². The van der Waals surface area contributed by atoms with Gasteiger partial charge in [-0.05, 0) is 31.5 Å². The van der Waals surface area contributed by atoms with Gasteiger partial charge in [-0.25, -0.2) is 9.59 Å². The molecule has 0 spiro atoms. The third-order valence-electron chi connectivity index (χ3n) is 4.13. The molecule has 1 N–H and O–H groups in total. The van der Waals surface area contributed by atoms with Gasteiger partial charge in [0.15, 0.2) is 11.6 Å². The Bertz CT molecular complexity index is 836. The van der Waals surface area contributed by atoms with Gasteiger partial charge in [-0.2, -0.15) is 5.10 Å². The number of nitro benzene ring substituents is 1. The zero-order valence-corrected chi connectivity index (χ0v) is 16.2. The number of carbonyl (C=O) groups excluding carboxylic acids is 3. The summed E-state index contributed by atoms with van der Waals surface area (Å²) in [5.41, 5.74) is 0.887. The van der Waals surface area contributed by atoms with Crippen molar-refractivity contribution < 1.29 is 33.5 Å². The van der Waals surface area contributed by atoms with Gasteiger partial charge in [-0.3, -0.25) is 20.3 Å². The Hall–Kier alpha value is -3.50. The Morgan fingerprint density at radius 1 is 1.21 bits per heavy atom. The third-order valence-corrected chi connectivity index (χ3v) is 4.13. The molecule has 0 aromatic heterocycles.